The first-order valence-electron chi connectivity index (χ1n) is 6.60. The van der Waals surface area contributed by atoms with Crippen molar-refractivity contribution in [2.75, 3.05) is 37.8 Å². The standard InChI is InChI=1S/C12H18N6O3/c1-12(2,19)8-21-10-7-9(16-17-13)14-11(15-10)18-3-5-20-6-4-18/h7,19H,3-6,8H2,1-2H3. The first kappa shape index (κ1) is 15.3. The highest BCUT2D eigenvalue weighted by molar-refractivity contribution is 5.42. The molecule has 0 atom stereocenters. The van der Waals surface area contributed by atoms with E-state index in [1.165, 1.54) is 6.07 Å². The monoisotopic (exact) mass is 294 g/mol. The third kappa shape index (κ3) is 4.75. The summed E-state index contributed by atoms with van der Waals surface area (Å²) in [5.41, 5.74) is 7.57. The molecule has 1 aliphatic heterocycles. The molecule has 0 radical (unpaired) electrons. The smallest absolute Gasteiger partial charge is 0.229 e. The molecule has 1 fully saturated rings. The fraction of sp³-hybridized carbons (Fsp3) is 0.667. The van der Waals surface area contributed by atoms with Crippen molar-refractivity contribution in [3.63, 3.8) is 0 Å². The van der Waals surface area contributed by atoms with Gasteiger partial charge in [0.2, 0.25) is 11.8 Å². The van der Waals surface area contributed by atoms with Gasteiger partial charge in [-0.25, -0.2) is 4.98 Å². The lowest BCUT2D eigenvalue weighted by Crippen LogP contribution is -2.37. The molecule has 1 aromatic heterocycles. The second-order valence-corrected chi connectivity index (χ2v) is 5.25. The molecule has 2 rings (SSSR count). The Morgan fingerprint density at radius 2 is 2.19 bits per heavy atom. The maximum absolute atomic E-state index is 9.69. The highest BCUT2D eigenvalue weighted by Crippen LogP contribution is 2.22. The van der Waals surface area contributed by atoms with Gasteiger partial charge >= 0.3 is 0 Å². The van der Waals surface area contributed by atoms with Crippen LogP contribution in [-0.2, 0) is 4.74 Å². The van der Waals surface area contributed by atoms with Crippen molar-refractivity contribution in [3.8, 4) is 5.88 Å². The number of rotatable bonds is 5. The number of aromatic nitrogens is 2. The molecule has 0 aromatic carbocycles. The van der Waals surface area contributed by atoms with Crippen molar-refractivity contribution < 1.29 is 14.6 Å². The molecular weight excluding hydrogens is 276 g/mol. The Labute approximate surface area is 122 Å². The normalized spacial score (nSPS) is 15.5. The van der Waals surface area contributed by atoms with Gasteiger partial charge in [0.1, 0.15) is 12.4 Å². The van der Waals surface area contributed by atoms with E-state index in [9.17, 15) is 5.11 Å². The van der Waals surface area contributed by atoms with Gasteiger partial charge in [-0.1, -0.05) is 0 Å². The number of hydrogen-bond donors (Lipinski definition) is 1. The van der Waals surface area contributed by atoms with Gasteiger partial charge in [-0.2, -0.15) is 4.98 Å². The van der Waals surface area contributed by atoms with Crippen LogP contribution in [0.1, 0.15) is 13.8 Å². The van der Waals surface area contributed by atoms with E-state index < -0.39 is 5.60 Å². The van der Waals surface area contributed by atoms with Crippen LogP contribution in [0.5, 0.6) is 5.88 Å². The van der Waals surface area contributed by atoms with E-state index in [4.69, 9.17) is 15.0 Å². The summed E-state index contributed by atoms with van der Waals surface area (Å²) in [6.45, 7) is 5.83. The largest absolute Gasteiger partial charge is 0.474 e. The summed E-state index contributed by atoms with van der Waals surface area (Å²) in [7, 11) is 0. The molecule has 9 heteroatoms. The first-order valence-corrected chi connectivity index (χ1v) is 6.60. The topological polar surface area (TPSA) is 116 Å². The van der Waals surface area contributed by atoms with Crippen molar-refractivity contribution in [1.82, 2.24) is 9.97 Å². The molecule has 0 saturated carbocycles. The van der Waals surface area contributed by atoms with Crippen LogP contribution in [0, 0.1) is 0 Å². The molecule has 1 saturated heterocycles. The highest BCUT2D eigenvalue weighted by atomic mass is 16.5. The fourth-order valence-corrected chi connectivity index (χ4v) is 1.73. The van der Waals surface area contributed by atoms with Gasteiger partial charge in [0, 0.05) is 24.1 Å². The molecule has 21 heavy (non-hydrogen) atoms. The first-order chi connectivity index (χ1) is 9.98. The second-order valence-electron chi connectivity index (χ2n) is 5.25. The SMILES string of the molecule is CC(C)(O)COc1cc(N=[N+]=[N-])nc(N2CCOCC2)n1. The Kier molecular flexibility index (Phi) is 4.79. The Morgan fingerprint density at radius 1 is 1.48 bits per heavy atom. The quantitative estimate of drug-likeness (QED) is 0.498. The number of morpholine rings is 1. The van der Waals surface area contributed by atoms with Crippen LogP contribution in [0.3, 0.4) is 0 Å². The van der Waals surface area contributed by atoms with Crippen LogP contribution < -0.4 is 9.64 Å². The number of azide groups is 1. The van der Waals surface area contributed by atoms with Gasteiger partial charge in [-0.3, -0.25) is 0 Å². The van der Waals surface area contributed by atoms with E-state index in [1.54, 1.807) is 13.8 Å². The highest BCUT2D eigenvalue weighted by Gasteiger charge is 2.18. The third-order valence-corrected chi connectivity index (χ3v) is 2.69. The van der Waals surface area contributed by atoms with Crippen molar-refractivity contribution in [3.05, 3.63) is 16.5 Å². The summed E-state index contributed by atoms with van der Waals surface area (Å²) in [6.07, 6.45) is 0. The molecular formula is C12H18N6O3. The number of hydrogen-bond acceptors (Lipinski definition) is 7. The predicted octanol–water partition coefficient (Wildman–Crippen LogP) is 1.40. The van der Waals surface area contributed by atoms with Gasteiger partial charge in [0.05, 0.1) is 18.8 Å². The summed E-state index contributed by atoms with van der Waals surface area (Å²) in [4.78, 5) is 13.1. The average molecular weight is 294 g/mol. The van der Waals surface area contributed by atoms with Gasteiger partial charge in [0.15, 0.2) is 0 Å². The van der Waals surface area contributed by atoms with Gasteiger partial charge in [0.25, 0.3) is 0 Å². The maximum atomic E-state index is 9.69. The van der Waals surface area contributed by atoms with Crippen LogP contribution in [0.15, 0.2) is 11.2 Å². The summed E-state index contributed by atoms with van der Waals surface area (Å²) >= 11 is 0. The van der Waals surface area contributed by atoms with Crippen LogP contribution in [0.25, 0.3) is 10.4 Å². The van der Waals surface area contributed by atoms with E-state index >= 15 is 0 Å². The van der Waals surface area contributed by atoms with Crippen molar-refractivity contribution in [1.29, 1.82) is 0 Å². The number of anilines is 1. The molecule has 1 N–H and O–H groups in total. The molecule has 2 heterocycles. The van der Waals surface area contributed by atoms with Crippen molar-refractivity contribution in [2.24, 2.45) is 5.11 Å². The zero-order valence-corrected chi connectivity index (χ0v) is 12.1. The van der Waals surface area contributed by atoms with E-state index in [-0.39, 0.29) is 18.3 Å². The van der Waals surface area contributed by atoms with Gasteiger partial charge in [-0.05, 0) is 24.5 Å². The van der Waals surface area contributed by atoms with Crippen LogP contribution in [0.4, 0.5) is 11.8 Å². The average Bonchev–Trinajstić information content (AvgIpc) is 2.46. The Balaban J connectivity index is 2.22. The summed E-state index contributed by atoms with van der Waals surface area (Å²) in [6, 6.07) is 1.44. The second kappa shape index (κ2) is 6.57. The maximum Gasteiger partial charge on any atom is 0.229 e. The lowest BCUT2D eigenvalue weighted by atomic mass is 10.2. The molecule has 1 aliphatic rings. The minimum atomic E-state index is -0.983. The number of nitrogens with zero attached hydrogens (tertiary/aromatic N) is 6. The van der Waals surface area contributed by atoms with Crippen LogP contribution >= 0.6 is 0 Å². The van der Waals surface area contributed by atoms with Gasteiger partial charge in [-0.15, -0.1) is 0 Å². The molecule has 0 bridgehead atoms. The molecule has 1 aromatic rings. The fourth-order valence-electron chi connectivity index (χ4n) is 1.73. The van der Waals surface area contributed by atoms with E-state index in [1.807, 2.05) is 4.90 Å². The Bertz CT molecular complexity index is 532. The lowest BCUT2D eigenvalue weighted by Gasteiger charge is -2.27. The van der Waals surface area contributed by atoms with Crippen LogP contribution in [-0.4, -0.2) is 53.6 Å². The molecule has 0 unspecified atom stereocenters. The summed E-state index contributed by atoms with van der Waals surface area (Å²) < 4.78 is 10.7. The molecule has 0 aliphatic carbocycles. The zero-order valence-electron chi connectivity index (χ0n) is 12.1. The van der Waals surface area contributed by atoms with Crippen molar-refractivity contribution in [2.45, 2.75) is 19.4 Å². The predicted molar refractivity (Wildman–Crippen MR) is 75.7 cm³/mol. The van der Waals surface area contributed by atoms with Crippen molar-refractivity contribution >= 4 is 11.8 Å². The summed E-state index contributed by atoms with van der Waals surface area (Å²) in [5, 5.41) is 13.2. The Morgan fingerprint density at radius 3 is 2.81 bits per heavy atom. The van der Waals surface area contributed by atoms with Gasteiger partial charge < -0.3 is 19.5 Å². The Hall–Kier alpha value is -2.09. The molecule has 9 nitrogen and oxygen atoms in total. The summed E-state index contributed by atoms with van der Waals surface area (Å²) in [5.74, 6) is 0.865. The minimum absolute atomic E-state index is 0.0717. The zero-order chi connectivity index (χ0) is 15.3. The van der Waals surface area contributed by atoms with E-state index in [0.29, 0.717) is 32.3 Å². The molecule has 0 amide bonds. The van der Waals surface area contributed by atoms with E-state index in [2.05, 4.69) is 20.0 Å². The van der Waals surface area contributed by atoms with Crippen LogP contribution in [0.2, 0.25) is 0 Å². The minimum Gasteiger partial charge on any atom is -0.474 e. The number of aliphatic hydroxyl groups is 1. The third-order valence-electron chi connectivity index (χ3n) is 2.69. The van der Waals surface area contributed by atoms with E-state index in [0.717, 1.165) is 0 Å². The molecule has 114 valence electrons. The lowest BCUT2D eigenvalue weighted by molar-refractivity contribution is 0.0268. The number of ether oxygens (including phenoxy) is 2. The molecule has 0 spiro atoms.